The zero-order chi connectivity index (χ0) is 26.1. The summed E-state index contributed by atoms with van der Waals surface area (Å²) in [5.74, 6) is -0.933. The molecule has 4 heteroatoms. The summed E-state index contributed by atoms with van der Waals surface area (Å²) in [5.41, 5.74) is 1.12. The molecule has 6 aromatic carbocycles. The van der Waals surface area contributed by atoms with E-state index < -0.39 is 0 Å². The lowest BCUT2D eigenvalue weighted by molar-refractivity contribution is 0.0287. The van der Waals surface area contributed by atoms with Gasteiger partial charge in [0, 0.05) is 5.92 Å². The number of hydrogen-bond acceptors (Lipinski definition) is 4. The van der Waals surface area contributed by atoms with Crippen molar-refractivity contribution in [2.45, 2.75) is 6.92 Å². The topological polar surface area (TPSA) is 52.6 Å². The summed E-state index contributed by atoms with van der Waals surface area (Å²) in [6.07, 6.45) is 0. The summed E-state index contributed by atoms with van der Waals surface area (Å²) in [4.78, 5) is 26.6. The molecule has 4 nitrogen and oxygen atoms in total. The van der Waals surface area contributed by atoms with Crippen molar-refractivity contribution in [3.8, 4) is 0 Å². The molecule has 186 valence electrons. The standard InChI is InChI=1S/C34H26O4/c1-22(20-37-33(35)31-27-14-6-2-10-23(27)18-24-11-3-7-15-28(24)31)21-38-34(36)32-29-16-8-4-12-25(29)19-26-13-5-9-17-30(26)32/h2-19,22H,20-21H2,1H3. The highest BCUT2D eigenvalue weighted by molar-refractivity contribution is 6.17. The SMILES string of the molecule is CC(COC(=O)c1c2ccccc2cc2ccccc12)COC(=O)c1c2ccccc2cc2ccccc12. The van der Waals surface area contributed by atoms with Crippen molar-refractivity contribution in [3.63, 3.8) is 0 Å². The van der Waals surface area contributed by atoms with Crippen LogP contribution in [0.4, 0.5) is 0 Å². The summed E-state index contributed by atoms with van der Waals surface area (Å²) in [6, 6.07) is 35.5. The first kappa shape index (κ1) is 23.7. The van der Waals surface area contributed by atoms with E-state index in [0.717, 1.165) is 43.1 Å². The van der Waals surface area contributed by atoms with Crippen molar-refractivity contribution in [1.29, 1.82) is 0 Å². The molecular weight excluding hydrogens is 472 g/mol. The molecule has 0 atom stereocenters. The van der Waals surface area contributed by atoms with E-state index in [1.54, 1.807) is 0 Å². The Bertz CT molecular complexity index is 1590. The maximum Gasteiger partial charge on any atom is 0.339 e. The molecule has 0 heterocycles. The lowest BCUT2D eigenvalue weighted by Crippen LogP contribution is -2.19. The molecular formula is C34H26O4. The molecule has 6 rings (SSSR count). The number of esters is 2. The average molecular weight is 499 g/mol. The minimum Gasteiger partial charge on any atom is -0.462 e. The van der Waals surface area contributed by atoms with Crippen LogP contribution >= 0.6 is 0 Å². The Kier molecular flexibility index (Phi) is 6.22. The fourth-order valence-corrected chi connectivity index (χ4v) is 5.10. The average Bonchev–Trinajstić information content (AvgIpc) is 2.96. The molecule has 0 fully saturated rings. The van der Waals surface area contributed by atoms with Gasteiger partial charge in [0.2, 0.25) is 0 Å². The monoisotopic (exact) mass is 498 g/mol. The van der Waals surface area contributed by atoms with E-state index in [9.17, 15) is 9.59 Å². The van der Waals surface area contributed by atoms with E-state index in [-0.39, 0.29) is 31.1 Å². The van der Waals surface area contributed by atoms with Crippen LogP contribution in [0.25, 0.3) is 43.1 Å². The van der Waals surface area contributed by atoms with Gasteiger partial charge in [0.05, 0.1) is 24.3 Å². The number of carbonyl (C=O) groups is 2. The zero-order valence-electron chi connectivity index (χ0n) is 21.0. The van der Waals surface area contributed by atoms with Crippen molar-refractivity contribution in [3.05, 3.63) is 120 Å². The number of benzene rings is 6. The highest BCUT2D eigenvalue weighted by Gasteiger charge is 2.20. The van der Waals surface area contributed by atoms with Gasteiger partial charge in [0.15, 0.2) is 0 Å². The van der Waals surface area contributed by atoms with E-state index in [0.29, 0.717) is 11.1 Å². The van der Waals surface area contributed by atoms with Crippen LogP contribution in [0.3, 0.4) is 0 Å². The van der Waals surface area contributed by atoms with Crippen LogP contribution in [0.1, 0.15) is 27.6 Å². The molecule has 6 aromatic rings. The summed E-state index contributed by atoms with van der Waals surface area (Å²) < 4.78 is 11.5. The van der Waals surface area contributed by atoms with Crippen molar-refractivity contribution in [2.24, 2.45) is 5.92 Å². The van der Waals surface area contributed by atoms with Gasteiger partial charge in [-0.25, -0.2) is 9.59 Å². The molecule has 0 N–H and O–H groups in total. The van der Waals surface area contributed by atoms with Crippen LogP contribution in [-0.4, -0.2) is 25.2 Å². The quantitative estimate of drug-likeness (QED) is 0.173. The number of fused-ring (bicyclic) bond motifs is 4. The summed E-state index contributed by atoms with van der Waals surface area (Å²) in [5, 5.41) is 7.39. The predicted octanol–water partition coefficient (Wildman–Crippen LogP) is 7.95. The van der Waals surface area contributed by atoms with Crippen molar-refractivity contribution in [2.75, 3.05) is 13.2 Å². The number of carbonyl (C=O) groups excluding carboxylic acids is 2. The predicted molar refractivity (Wildman–Crippen MR) is 153 cm³/mol. The van der Waals surface area contributed by atoms with E-state index in [4.69, 9.17) is 9.47 Å². The van der Waals surface area contributed by atoms with Gasteiger partial charge >= 0.3 is 11.9 Å². The highest BCUT2D eigenvalue weighted by Crippen LogP contribution is 2.30. The molecule has 0 radical (unpaired) electrons. The third-order valence-electron chi connectivity index (χ3n) is 6.95. The molecule has 0 aliphatic carbocycles. The Labute approximate surface area is 220 Å². The Morgan fingerprint density at radius 3 is 1.13 bits per heavy atom. The van der Waals surface area contributed by atoms with Crippen LogP contribution in [0.5, 0.6) is 0 Å². The van der Waals surface area contributed by atoms with Crippen LogP contribution < -0.4 is 0 Å². The fraction of sp³-hybridized carbons (Fsp3) is 0.118. The van der Waals surface area contributed by atoms with Gasteiger partial charge in [-0.05, 0) is 55.2 Å². The van der Waals surface area contributed by atoms with Crippen molar-refractivity contribution < 1.29 is 19.1 Å². The largest absolute Gasteiger partial charge is 0.462 e. The van der Waals surface area contributed by atoms with Gasteiger partial charge in [-0.1, -0.05) is 104 Å². The lowest BCUT2D eigenvalue weighted by Gasteiger charge is -2.16. The molecule has 38 heavy (non-hydrogen) atoms. The third kappa shape index (κ3) is 4.35. The molecule has 0 saturated heterocycles. The van der Waals surface area contributed by atoms with Gasteiger partial charge in [0.25, 0.3) is 0 Å². The number of hydrogen-bond donors (Lipinski definition) is 0. The van der Waals surface area contributed by atoms with Gasteiger partial charge in [0.1, 0.15) is 0 Å². The van der Waals surface area contributed by atoms with Crippen molar-refractivity contribution in [1.82, 2.24) is 0 Å². The molecule has 0 unspecified atom stereocenters. The van der Waals surface area contributed by atoms with Crippen LogP contribution in [0.2, 0.25) is 0 Å². The maximum atomic E-state index is 13.3. The molecule has 0 spiro atoms. The van der Waals surface area contributed by atoms with E-state index in [1.807, 2.05) is 104 Å². The van der Waals surface area contributed by atoms with Gasteiger partial charge in [-0.2, -0.15) is 0 Å². The molecule has 0 aliphatic rings. The maximum absolute atomic E-state index is 13.3. The summed E-state index contributed by atoms with van der Waals surface area (Å²) in [7, 11) is 0. The van der Waals surface area contributed by atoms with Crippen LogP contribution in [0.15, 0.2) is 109 Å². The first-order valence-electron chi connectivity index (χ1n) is 12.8. The Morgan fingerprint density at radius 2 is 0.816 bits per heavy atom. The lowest BCUT2D eigenvalue weighted by atomic mass is 9.97. The highest BCUT2D eigenvalue weighted by atomic mass is 16.5. The zero-order valence-corrected chi connectivity index (χ0v) is 21.0. The van der Waals surface area contributed by atoms with Crippen LogP contribution in [0, 0.1) is 5.92 Å². The number of ether oxygens (including phenoxy) is 2. The molecule has 0 aromatic heterocycles. The second-order valence-corrected chi connectivity index (χ2v) is 9.69. The van der Waals surface area contributed by atoms with E-state index >= 15 is 0 Å². The van der Waals surface area contributed by atoms with E-state index in [1.165, 1.54) is 0 Å². The molecule has 0 bridgehead atoms. The number of rotatable bonds is 6. The van der Waals surface area contributed by atoms with Gasteiger partial charge in [-0.3, -0.25) is 0 Å². The second-order valence-electron chi connectivity index (χ2n) is 9.69. The Hall–Kier alpha value is -4.70. The van der Waals surface area contributed by atoms with Crippen molar-refractivity contribution >= 4 is 55.0 Å². The van der Waals surface area contributed by atoms with E-state index in [2.05, 4.69) is 12.1 Å². The summed E-state index contributed by atoms with van der Waals surface area (Å²) in [6.45, 7) is 2.18. The Morgan fingerprint density at radius 1 is 0.526 bits per heavy atom. The molecule has 0 saturated carbocycles. The van der Waals surface area contributed by atoms with Crippen LogP contribution in [-0.2, 0) is 9.47 Å². The normalized spacial score (nSPS) is 11.4. The molecule has 0 amide bonds. The minimum atomic E-state index is -0.378. The minimum absolute atomic E-state index is 0.139. The van der Waals surface area contributed by atoms with Gasteiger partial charge < -0.3 is 9.47 Å². The first-order valence-corrected chi connectivity index (χ1v) is 12.8. The van der Waals surface area contributed by atoms with Gasteiger partial charge in [-0.15, -0.1) is 0 Å². The third-order valence-corrected chi connectivity index (χ3v) is 6.95. The fourth-order valence-electron chi connectivity index (χ4n) is 5.10. The summed E-state index contributed by atoms with van der Waals surface area (Å²) >= 11 is 0. The molecule has 0 aliphatic heterocycles. The smallest absolute Gasteiger partial charge is 0.339 e. The Balaban J connectivity index is 1.19. The second kappa shape index (κ2) is 9.98. The first-order chi connectivity index (χ1) is 18.6.